The van der Waals surface area contributed by atoms with Crippen LogP contribution in [0.4, 0.5) is 0 Å². The molecule has 1 fully saturated rings. The molecule has 8 nitrogen and oxygen atoms in total. The molecule has 1 saturated heterocycles. The third-order valence-corrected chi connectivity index (χ3v) is 6.68. The van der Waals surface area contributed by atoms with Crippen molar-refractivity contribution in [1.29, 1.82) is 0 Å². The Morgan fingerprint density at radius 2 is 1.94 bits per heavy atom. The molecular weight excluding hydrogens is 456 g/mol. The molecule has 0 spiro atoms. The zero-order valence-electron chi connectivity index (χ0n) is 19.8. The first-order valence-electron chi connectivity index (χ1n) is 11.9. The monoisotopic (exact) mass is 480 g/mol. The molecule has 2 aromatic carbocycles. The summed E-state index contributed by atoms with van der Waals surface area (Å²) in [6.45, 7) is 2.89. The number of likely N-dealkylation sites (tertiary alicyclic amines) is 1. The summed E-state index contributed by atoms with van der Waals surface area (Å²) in [5.41, 5.74) is 3.32. The number of carbonyl (C=O) groups excluding carboxylic acids is 1. The largest absolute Gasteiger partial charge is 0.489 e. The van der Waals surface area contributed by atoms with Gasteiger partial charge in [0.1, 0.15) is 17.9 Å². The smallest absolute Gasteiger partial charge is 0.336 e. The van der Waals surface area contributed by atoms with Crippen LogP contribution in [-0.4, -0.2) is 31.9 Å². The van der Waals surface area contributed by atoms with Crippen LogP contribution in [0.3, 0.4) is 0 Å². The van der Waals surface area contributed by atoms with Gasteiger partial charge in [-0.05, 0) is 67.3 Å². The summed E-state index contributed by atoms with van der Waals surface area (Å²) in [5, 5.41) is 9.51. The van der Waals surface area contributed by atoms with Crippen molar-refractivity contribution < 1.29 is 13.9 Å². The van der Waals surface area contributed by atoms with Crippen LogP contribution >= 0.6 is 0 Å². The number of ether oxygens (including phenoxy) is 1. The molecule has 1 aliphatic heterocycles. The average Bonchev–Trinajstić information content (AvgIpc) is 3.54. The van der Waals surface area contributed by atoms with Crippen molar-refractivity contribution in [2.24, 2.45) is 0 Å². The second-order valence-corrected chi connectivity index (χ2v) is 9.04. The molecule has 1 atom stereocenters. The van der Waals surface area contributed by atoms with Crippen LogP contribution in [0.1, 0.15) is 46.2 Å². The van der Waals surface area contributed by atoms with Crippen LogP contribution in [0.25, 0.3) is 16.6 Å². The van der Waals surface area contributed by atoms with E-state index in [2.05, 4.69) is 10.2 Å². The third-order valence-electron chi connectivity index (χ3n) is 6.68. The first-order chi connectivity index (χ1) is 17.6. The summed E-state index contributed by atoms with van der Waals surface area (Å²) >= 11 is 0. The van der Waals surface area contributed by atoms with E-state index in [1.54, 1.807) is 6.07 Å². The van der Waals surface area contributed by atoms with Crippen LogP contribution in [0.15, 0.2) is 82.1 Å². The molecule has 36 heavy (non-hydrogen) atoms. The van der Waals surface area contributed by atoms with Crippen molar-refractivity contribution in [2.75, 3.05) is 6.54 Å². The molecule has 0 aliphatic carbocycles. The molecule has 3 aromatic heterocycles. The highest BCUT2D eigenvalue weighted by atomic mass is 16.5. The maximum Gasteiger partial charge on any atom is 0.336 e. The zero-order valence-corrected chi connectivity index (χ0v) is 19.8. The molecule has 0 N–H and O–H groups in total. The lowest BCUT2D eigenvalue weighted by molar-refractivity contribution is 0.0729. The Kier molecular flexibility index (Phi) is 5.48. The Morgan fingerprint density at radius 1 is 1.08 bits per heavy atom. The van der Waals surface area contributed by atoms with Crippen LogP contribution in [0.2, 0.25) is 0 Å². The Morgan fingerprint density at radius 3 is 2.81 bits per heavy atom. The minimum Gasteiger partial charge on any atom is -0.489 e. The SMILES string of the molecule is Cc1cc(=O)oc2cc(OCc3ccc(C(=O)N4CCC[C@@H]4c4nnc5ccccn45)cc3)ccc12. The van der Waals surface area contributed by atoms with E-state index in [4.69, 9.17) is 9.15 Å². The second kappa shape index (κ2) is 8.96. The van der Waals surface area contributed by atoms with Gasteiger partial charge in [0.25, 0.3) is 5.91 Å². The van der Waals surface area contributed by atoms with Gasteiger partial charge in [0.05, 0.1) is 6.04 Å². The van der Waals surface area contributed by atoms with Gasteiger partial charge in [-0.2, -0.15) is 0 Å². The van der Waals surface area contributed by atoms with E-state index in [0.29, 0.717) is 30.0 Å². The van der Waals surface area contributed by atoms with Crippen molar-refractivity contribution in [2.45, 2.75) is 32.4 Å². The molecular formula is C28H24N4O4. The minimum absolute atomic E-state index is 0.0161. The van der Waals surface area contributed by atoms with Gasteiger partial charge >= 0.3 is 5.63 Å². The number of hydrogen-bond donors (Lipinski definition) is 0. The predicted molar refractivity (Wildman–Crippen MR) is 134 cm³/mol. The molecule has 0 saturated carbocycles. The highest BCUT2D eigenvalue weighted by molar-refractivity contribution is 5.94. The van der Waals surface area contributed by atoms with E-state index in [0.717, 1.165) is 40.8 Å². The number of aryl methyl sites for hydroxylation is 1. The molecule has 180 valence electrons. The fraction of sp³-hybridized carbons (Fsp3) is 0.214. The number of amides is 1. The van der Waals surface area contributed by atoms with Gasteiger partial charge in [0.15, 0.2) is 11.5 Å². The van der Waals surface area contributed by atoms with Crippen LogP contribution in [-0.2, 0) is 6.61 Å². The second-order valence-electron chi connectivity index (χ2n) is 9.04. The number of fused-ring (bicyclic) bond motifs is 2. The minimum atomic E-state index is -0.380. The topological polar surface area (TPSA) is 89.9 Å². The predicted octanol–water partition coefficient (Wildman–Crippen LogP) is 4.70. The Bertz CT molecular complexity index is 1640. The van der Waals surface area contributed by atoms with E-state index in [-0.39, 0.29) is 17.6 Å². The average molecular weight is 481 g/mol. The van der Waals surface area contributed by atoms with Gasteiger partial charge in [-0.1, -0.05) is 18.2 Å². The Balaban J connectivity index is 1.16. The summed E-state index contributed by atoms with van der Waals surface area (Å²) in [4.78, 5) is 26.9. The number of benzene rings is 2. The molecule has 8 heteroatoms. The highest BCUT2D eigenvalue weighted by Crippen LogP contribution is 2.32. The Labute approximate surface area is 206 Å². The van der Waals surface area contributed by atoms with Crippen molar-refractivity contribution in [3.63, 3.8) is 0 Å². The number of carbonyl (C=O) groups is 1. The van der Waals surface area contributed by atoms with Gasteiger partial charge in [-0.3, -0.25) is 9.20 Å². The number of hydrogen-bond acceptors (Lipinski definition) is 6. The summed E-state index contributed by atoms with van der Waals surface area (Å²) in [6.07, 6.45) is 3.72. The quantitative estimate of drug-likeness (QED) is 0.339. The maximum atomic E-state index is 13.4. The van der Waals surface area contributed by atoms with E-state index < -0.39 is 0 Å². The van der Waals surface area contributed by atoms with Crippen molar-refractivity contribution in [3.05, 3.63) is 106 Å². The molecule has 0 radical (unpaired) electrons. The number of nitrogens with zero attached hydrogens (tertiary/aromatic N) is 4. The Hall–Kier alpha value is -4.46. The highest BCUT2D eigenvalue weighted by Gasteiger charge is 2.33. The van der Waals surface area contributed by atoms with Crippen molar-refractivity contribution >= 4 is 22.5 Å². The molecule has 4 heterocycles. The molecule has 1 aliphatic rings. The fourth-order valence-corrected chi connectivity index (χ4v) is 4.84. The maximum absolute atomic E-state index is 13.4. The summed E-state index contributed by atoms with van der Waals surface area (Å²) in [7, 11) is 0. The first kappa shape index (κ1) is 22.0. The van der Waals surface area contributed by atoms with E-state index >= 15 is 0 Å². The molecule has 1 amide bonds. The van der Waals surface area contributed by atoms with Crippen LogP contribution in [0.5, 0.6) is 5.75 Å². The lowest BCUT2D eigenvalue weighted by Gasteiger charge is -2.23. The number of rotatable bonds is 5. The van der Waals surface area contributed by atoms with Crippen molar-refractivity contribution in [3.8, 4) is 5.75 Å². The van der Waals surface area contributed by atoms with E-state index in [9.17, 15) is 9.59 Å². The van der Waals surface area contributed by atoms with Gasteiger partial charge in [-0.25, -0.2) is 4.79 Å². The summed E-state index contributed by atoms with van der Waals surface area (Å²) in [6, 6.07) is 20.1. The normalized spacial score (nSPS) is 15.6. The fourth-order valence-electron chi connectivity index (χ4n) is 4.84. The summed E-state index contributed by atoms with van der Waals surface area (Å²) in [5.74, 6) is 1.39. The first-order valence-corrected chi connectivity index (χ1v) is 11.9. The lowest BCUT2D eigenvalue weighted by Crippen LogP contribution is -2.31. The van der Waals surface area contributed by atoms with Gasteiger partial charge in [0.2, 0.25) is 0 Å². The molecule has 0 unspecified atom stereocenters. The number of pyridine rings is 1. The van der Waals surface area contributed by atoms with Crippen molar-refractivity contribution in [1.82, 2.24) is 19.5 Å². The molecule has 0 bridgehead atoms. The lowest BCUT2D eigenvalue weighted by atomic mass is 10.1. The van der Waals surface area contributed by atoms with E-state index in [1.807, 2.05) is 77.0 Å². The zero-order chi connectivity index (χ0) is 24.6. The standard InChI is InChI=1S/C28H24N4O4/c1-18-15-26(33)36-24-16-21(11-12-22(18)24)35-17-19-7-9-20(10-8-19)28(34)31-14-4-5-23(31)27-30-29-25-6-2-3-13-32(25)27/h2-3,6-13,15-16,23H,4-5,14,17H2,1H3/t23-/m1/s1. The van der Waals surface area contributed by atoms with Crippen LogP contribution < -0.4 is 10.4 Å². The summed E-state index contributed by atoms with van der Waals surface area (Å²) < 4.78 is 13.2. The number of aromatic nitrogens is 3. The van der Waals surface area contributed by atoms with Crippen LogP contribution in [0, 0.1) is 6.92 Å². The molecule has 6 rings (SSSR count). The third kappa shape index (κ3) is 4.00. The van der Waals surface area contributed by atoms with E-state index in [1.165, 1.54) is 6.07 Å². The molecule has 5 aromatic rings. The van der Waals surface area contributed by atoms with Gasteiger partial charge in [-0.15, -0.1) is 10.2 Å². The van der Waals surface area contributed by atoms with Gasteiger partial charge in [0, 0.05) is 35.8 Å². The van der Waals surface area contributed by atoms with Gasteiger partial charge < -0.3 is 14.1 Å².